The second-order valence-electron chi connectivity index (χ2n) is 8.85. The number of rotatable bonds is 12. The maximum Gasteiger partial charge on any atom is 0.295 e. The molecule has 2 heterocycles. The maximum absolute atomic E-state index is 13.3. The molecule has 1 unspecified atom stereocenters. The molecule has 0 bridgehead atoms. The van der Waals surface area contributed by atoms with E-state index >= 15 is 0 Å². The highest BCUT2D eigenvalue weighted by Crippen LogP contribution is 2.42. The molecular formula is C29H33N3O5. The molecule has 1 aliphatic heterocycles. The minimum Gasteiger partial charge on any atom is -0.507 e. The Labute approximate surface area is 217 Å². The molecule has 1 saturated heterocycles. The molecule has 0 spiro atoms. The van der Waals surface area contributed by atoms with Crippen molar-refractivity contribution in [1.82, 2.24) is 14.5 Å². The molecule has 0 aliphatic carbocycles. The van der Waals surface area contributed by atoms with Crippen molar-refractivity contribution >= 4 is 17.4 Å². The highest BCUT2D eigenvalue weighted by Gasteiger charge is 2.46. The fraction of sp³-hybridized carbons (Fsp3) is 0.345. The summed E-state index contributed by atoms with van der Waals surface area (Å²) in [7, 11) is 0. The van der Waals surface area contributed by atoms with Crippen molar-refractivity contribution < 1.29 is 24.2 Å². The Morgan fingerprint density at radius 2 is 1.81 bits per heavy atom. The van der Waals surface area contributed by atoms with E-state index in [1.807, 2.05) is 42.0 Å². The molecule has 1 aliphatic rings. The molecule has 1 amide bonds. The molecule has 0 radical (unpaired) electrons. The fourth-order valence-corrected chi connectivity index (χ4v) is 4.46. The van der Waals surface area contributed by atoms with E-state index in [-0.39, 0.29) is 11.3 Å². The van der Waals surface area contributed by atoms with Crippen molar-refractivity contribution in [2.75, 3.05) is 19.8 Å². The van der Waals surface area contributed by atoms with Crippen LogP contribution in [0.4, 0.5) is 0 Å². The third-order valence-electron chi connectivity index (χ3n) is 6.30. The summed E-state index contributed by atoms with van der Waals surface area (Å²) in [6.07, 6.45) is 7.81. The Kier molecular flexibility index (Phi) is 8.61. The van der Waals surface area contributed by atoms with E-state index in [4.69, 9.17) is 9.47 Å². The summed E-state index contributed by atoms with van der Waals surface area (Å²) in [5.74, 6) is -0.370. The first-order valence-corrected chi connectivity index (χ1v) is 12.7. The summed E-state index contributed by atoms with van der Waals surface area (Å²) >= 11 is 0. The average Bonchev–Trinajstić information content (AvgIpc) is 3.52. The second kappa shape index (κ2) is 12.3. The van der Waals surface area contributed by atoms with E-state index in [9.17, 15) is 14.7 Å². The molecule has 8 heteroatoms. The minimum atomic E-state index is -0.758. The molecule has 8 nitrogen and oxygen atoms in total. The van der Waals surface area contributed by atoms with Gasteiger partial charge in [0.25, 0.3) is 11.7 Å². The second-order valence-corrected chi connectivity index (χ2v) is 8.85. The van der Waals surface area contributed by atoms with Crippen molar-refractivity contribution in [2.24, 2.45) is 0 Å². The van der Waals surface area contributed by atoms with Gasteiger partial charge >= 0.3 is 0 Å². The fourth-order valence-electron chi connectivity index (χ4n) is 4.46. The molecule has 37 heavy (non-hydrogen) atoms. The quantitative estimate of drug-likeness (QED) is 0.162. The van der Waals surface area contributed by atoms with Gasteiger partial charge in [0, 0.05) is 31.0 Å². The molecule has 194 valence electrons. The van der Waals surface area contributed by atoms with Crippen LogP contribution in [-0.2, 0) is 16.1 Å². The van der Waals surface area contributed by atoms with Crippen molar-refractivity contribution in [3.63, 3.8) is 0 Å². The third kappa shape index (κ3) is 5.85. The van der Waals surface area contributed by atoms with Crippen LogP contribution in [0.15, 0.2) is 72.8 Å². The lowest BCUT2D eigenvalue weighted by molar-refractivity contribution is -0.139. The van der Waals surface area contributed by atoms with Gasteiger partial charge < -0.3 is 24.0 Å². The first kappa shape index (κ1) is 26.0. The van der Waals surface area contributed by atoms with Crippen LogP contribution in [0.2, 0.25) is 0 Å². The zero-order valence-electron chi connectivity index (χ0n) is 21.3. The van der Waals surface area contributed by atoms with Gasteiger partial charge in [-0.15, -0.1) is 0 Å². The SMILES string of the molecule is CCCCOc1ccc(C2/C(=C(\O)c3ccccc3)C(=O)C(=O)N2CCCn2ccnc2)cc1OCC. The summed E-state index contributed by atoms with van der Waals surface area (Å²) in [6, 6.07) is 13.5. The van der Waals surface area contributed by atoms with Crippen molar-refractivity contribution in [2.45, 2.75) is 45.7 Å². The Hall–Kier alpha value is -4.07. The topological polar surface area (TPSA) is 93.9 Å². The number of benzene rings is 2. The van der Waals surface area contributed by atoms with Gasteiger partial charge in [-0.1, -0.05) is 49.7 Å². The van der Waals surface area contributed by atoms with E-state index in [1.165, 1.54) is 4.90 Å². The molecule has 1 fully saturated rings. The van der Waals surface area contributed by atoms with E-state index in [0.29, 0.717) is 55.4 Å². The molecular weight excluding hydrogens is 470 g/mol. The van der Waals surface area contributed by atoms with E-state index in [0.717, 1.165) is 12.8 Å². The summed E-state index contributed by atoms with van der Waals surface area (Å²) in [6.45, 7) is 5.96. The first-order chi connectivity index (χ1) is 18.0. The van der Waals surface area contributed by atoms with Crippen LogP contribution in [0.5, 0.6) is 11.5 Å². The van der Waals surface area contributed by atoms with Crippen LogP contribution in [0.25, 0.3) is 5.76 Å². The highest BCUT2D eigenvalue weighted by molar-refractivity contribution is 6.46. The molecule has 4 rings (SSSR count). The third-order valence-corrected chi connectivity index (χ3v) is 6.30. The molecule has 3 aromatic rings. The lowest BCUT2D eigenvalue weighted by Crippen LogP contribution is -2.31. The van der Waals surface area contributed by atoms with Gasteiger partial charge in [-0.25, -0.2) is 4.98 Å². The van der Waals surface area contributed by atoms with Crippen LogP contribution < -0.4 is 9.47 Å². The Morgan fingerprint density at radius 1 is 1.00 bits per heavy atom. The number of ether oxygens (including phenoxy) is 2. The van der Waals surface area contributed by atoms with Crippen molar-refractivity contribution in [3.8, 4) is 11.5 Å². The number of hydrogen-bond acceptors (Lipinski definition) is 6. The number of nitrogens with zero attached hydrogens (tertiary/aromatic N) is 3. The molecule has 1 N–H and O–H groups in total. The Morgan fingerprint density at radius 3 is 2.51 bits per heavy atom. The van der Waals surface area contributed by atoms with Gasteiger partial charge in [0.15, 0.2) is 11.5 Å². The number of ketones is 1. The number of aliphatic hydroxyl groups excluding tert-OH is 1. The number of carbonyl (C=O) groups is 2. The van der Waals surface area contributed by atoms with E-state index in [1.54, 1.807) is 36.8 Å². The summed E-state index contributed by atoms with van der Waals surface area (Å²) in [5.41, 5.74) is 1.22. The number of aromatic nitrogens is 2. The van der Waals surface area contributed by atoms with Gasteiger partial charge in [-0.05, 0) is 37.5 Å². The van der Waals surface area contributed by atoms with Gasteiger partial charge in [0.1, 0.15) is 5.76 Å². The standard InChI is InChI=1S/C29H33N3O5/c1-3-5-18-37-23-13-12-22(19-24(23)36-4-2)26-25(27(33)21-10-7-6-8-11-21)28(34)29(35)32(26)16-9-15-31-17-14-30-20-31/h6-8,10-14,17,19-20,26,33H,3-5,9,15-16,18H2,1-2H3/b27-25+. The number of Topliss-reactive ketones (excluding diaryl/α,β-unsaturated/α-hetero) is 1. The number of imidazole rings is 1. The predicted molar refractivity (Wildman–Crippen MR) is 140 cm³/mol. The smallest absolute Gasteiger partial charge is 0.295 e. The molecule has 0 saturated carbocycles. The average molecular weight is 504 g/mol. The largest absolute Gasteiger partial charge is 0.507 e. The monoisotopic (exact) mass is 503 g/mol. The summed E-state index contributed by atoms with van der Waals surface area (Å²) in [5, 5.41) is 11.2. The molecule has 1 atom stereocenters. The summed E-state index contributed by atoms with van der Waals surface area (Å²) < 4.78 is 13.7. The summed E-state index contributed by atoms with van der Waals surface area (Å²) in [4.78, 5) is 32.1. The number of carbonyl (C=O) groups excluding carboxylic acids is 2. The van der Waals surface area contributed by atoms with E-state index in [2.05, 4.69) is 11.9 Å². The lowest BCUT2D eigenvalue weighted by atomic mass is 9.95. The van der Waals surface area contributed by atoms with Crippen LogP contribution in [-0.4, -0.2) is 51.0 Å². The van der Waals surface area contributed by atoms with Gasteiger partial charge in [-0.3, -0.25) is 9.59 Å². The zero-order valence-corrected chi connectivity index (χ0v) is 21.3. The molecule has 1 aromatic heterocycles. The van der Waals surface area contributed by atoms with Crippen LogP contribution in [0.3, 0.4) is 0 Å². The van der Waals surface area contributed by atoms with Gasteiger partial charge in [0.05, 0.1) is 31.2 Å². The number of amides is 1. The number of hydrogen-bond donors (Lipinski definition) is 1. The van der Waals surface area contributed by atoms with Crippen molar-refractivity contribution in [1.29, 1.82) is 0 Å². The Balaban J connectivity index is 1.73. The molecule has 2 aromatic carbocycles. The normalized spacial score (nSPS) is 16.8. The van der Waals surface area contributed by atoms with Crippen LogP contribution in [0.1, 0.15) is 50.3 Å². The minimum absolute atomic E-state index is 0.0703. The highest BCUT2D eigenvalue weighted by atomic mass is 16.5. The van der Waals surface area contributed by atoms with Crippen LogP contribution >= 0.6 is 0 Å². The lowest BCUT2D eigenvalue weighted by Gasteiger charge is -2.26. The number of aryl methyl sites for hydroxylation is 1. The maximum atomic E-state index is 13.3. The predicted octanol–water partition coefficient (Wildman–Crippen LogP) is 4.97. The Bertz CT molecular complexity index is 1240. The van der Waals surface area contributed by atoms with Gasteiger partial charge in [0.2, 0.25) is 0 Å². The first-order valence-electron chi connectivity index (χ1n) is 12.7. The van der Waals surface area contributed by atoms with E-state index < -0.39 is 17.7 Å². The number of unbranched alkanes of at least 4 members (excludes halogenated alkanes) is 1. The number of likely N-dealkylation sites (tertiary alicyclic amines) is 1. The van der Waals surface area contributed by atoms with Crippen molar-refractivity contribution in [3.05, 3.63) is 84.0 Å². The van der Waals surface area contributed by atoms with Gasteiger partial charge in [-0.2, -0.15) is 0 Å². The zero-order chi connectivity index (χ0) is 26.2. The van der Waals surface area contributed by atoms with Crippen LogP contribution in [0, 0.1) is 0 Å². The number of aliphatic hydroxyl groups is 1.